The average molecular weight is 472 g/mol. The van der Waals surface area contributed by atoms with Crippen LogP contribution in [0.25, 0.3) is 11.1 Å². The molecule has 0 aromatic heterocycles. The van der Waals surface area contributed by atoms with Crippen LogP contribution >= 0.6 is 0 Å². The van der Waals surface area contributed by atoms with Gasteiger partial charge in [0.15, 0.2) is 0 Å². The van der Waals surface area contributed by atoms with Crippen molar-refractivity contribution in [3.05, 3.63) is 108 Å². The van der Waals surface area contributed by atoms with Crippen LogP contribution in [0.15, 0.2) is 85.5 Å². The number of carboxylic acids is 1. The van der Waals surface area contributed by atoms with Gasteiger partial charge in [-0.1, -0.05) is 73.3 Å². The van der Waals surface area contributed by atoms with Gasteiger partial charge in [-0.05, 0) is 39.9 Å². The summed E-state index contributed by atoms with van der Waals surface area (Å²) in [5, 5.41) is 12.1. The molecule has 35 heavy (non-hydrogen) atoms. The van der Waals surface area contributed by atoms with Crippen molar-refractivity contribution in [2.24, 2.45) is 0 Å². The van der Waals surface area contributed by atoms with E-state index in [2.05, 4.69) is 11.9 Å². The molecular formula is C28H25NO6. The molecule has 1 atom stereocenters. The van der Waals surface area contributed by atoms with Crippen molar-refractivity contribution in [1.29, 1.82) is 0 Å². The molecule has 0 bridgehead atoms. The van der Waals surface area contributed by atoms with Gasteiger partial charge in [-0.2, -0.15) is 0 Å². The number of carbonyl (C=O) groups is 3. The lowest BCUT2D eigenvalue weighted by Gasteiger charge is -2.18. The molecule has 3 aromatic carbocycles. The Morgan fingerprint density at radius 3 is 2.23 bits per heavy atom. The number of rotatable bonds is 9. The number of hydrogen-bond donors (Lipinski definition) is 2. The molecule has 3 aromatic rings. The van der Waals surface area contributed by atoms with Crippen LogP contribution in [-0.4, -0.2) is 42.4 Å². The maximum atomic E-state index is 12.5. The van der Waals surface area contributed by atoms with Crippen LogP contribution in [0.5, 0.6) is 0 Å². The van der Waals surface area contributed by atoms with Gasteiger partial charge in [-0.25, -0.2) is 14.4 Å². The molecule has 0 spiro atoms. The van der Waals surface area contributed by atoms with Crippen molar-refractivity contribution in [1.82, 2.24) is 5.32 Å². The van der Waals surface area contributed by atoms with Crippen LogP contribution in [0, 0.1) is 0 Å². The number of nitrogens with one attached hydrogen (secondary N) is 1. The van der Waals surface area contributed by atoms with Gasteiger partial charge in [0.25, 0.3) is 0 Å². The van der Waals surface area contributed by atoms with E-state index >= 15 is 0 Å². The van der Waals surface area contributed by atoms with E-state index in [4.69, 9.17) is 9.47 Å². The van der Waals surface area contributed by atoms with Crippen molar-refractivity contribution in [3.8, 4) is 11.1 Å². The van der Waals surface area contributed by atoms with Crippen LogP contribution in [0.2, 0.25) is 0 Å². The lowest BCUT2D eigenvalue weighted by Crippen LogP contribution is -2.43. The van der Waals surface area contributed by atoms with Gasteiger partial charge in [-0.3, -0.25) is 0 Å². The molecule has 4 rings (SSSR count). The topological polar surface area (TPSA) is 102 Å². The van der Waals surface area contributed by atoms with E-state index in [0.717, 1.165) is 22.3 Å². The molecule has 1 aliphatic rings. The minimum Gasteiger partial charge on any atom is -0.480 e. The fourth-order valence-corrected chi connectivity index (χ4v) is 4.26. The van der Waals surface area contributed by atoms with Gasteiger partial charge in [0.2, 0.25) is 0 Å². The van der Waals surface area contributed by atoms with Crippen LogP contribution in [-0.2, 0) is 20.7 Å². The number of alkyl carbamates (subject to hydrolysis) is 1. The molecule has 0 radical (unpaired) electrons. The highest BCUT2D eigenvalue weighted by atomic mass is 16.5. The Labute approximate surface area is 203 Å². The summed E-state index contributed by atoms with van der Waals surface area (Å²) in [6.07, 6.45) is 0.614. The second-order valence-corrected chi connectivity index (χ2v) is 8.15. The Morgan fingerprint density at radius 2 is 1.60 bits per heavy atom. The molecule has 2 N–H and O–H groups in total. The van der Waals surface area contributed by atoms with Crippen LogP contribution in [0.4, 0.5) is 4.79 Å². The third-order valence-electron chi connectivity index (χ3n) is 5.87. The van der Waals surface area contributed by atoms with E-state index in [-0.39, 0.29) is 31.1 Å². The first-order chi connectivity index (χ1) is 17.0. The molecule has 0 aliphatic heterocycles. The normalized spacial score (nSPS) is 12.7. The Kier molecular flexibility index (Phi) is 7.26. The van der Waals surface area contributed by atoms with Gasteiger partial charge >= 0.3 is 18.0 Å². The zero-order valence-electron chi connectivity index (χ0n) is 19.0. The van der Waals surface area contributed by atoms with Gasteiger partial charge < -0.3 is 19.9 Å². The number of esters is 1. The Morgan fingerprint density at radius 1 is 0.943 bits per heavy atom. The summed E-state index contributed by atoms with van der Waals surface area (Å²) in [7, 11) is 0. The predicted molar refractivity (Wildman–Crippen MR) is 130 cm³/mol. The van der Waals surface area contributed by atoms with Gasteiger partial charge in [0.05, 0.1) is 5.56 Å². The monoisotopic (exact) mass is 471 g/mol. The smallest absolute Gasteiger partial charge is 0.407 e. The Hall–Kier alpha value is -4.39. The maximum Gasteiger partial charge on any atom is 0.407 e. The second kappa shape index (κ2) is 10.7. The van der Waals surface area contributed by atoms with E-state index in [0.29, 0.717) is 5.56 Å². The Bertz CT molecular complexity index is 1220. The van der Waals surface area contributed by atoms with Gasteiger partial charge in [-0.15, -0.1) is 0 Å². The van der Waals surface area contributed by atoms with E-state index in [1.807, 2.05) is 48.5 Å². The minimum atomic E-state index is -1.23. The van der Waals surface area contributed by atoms with Crippen LogP contribution in [0.1, 0.15) is 33.0 Å². The van der Waals surface area contributed by atoms with E-state index in [9.17, 15) is 19.5 Å². The highest BCUT2D eigenvalue weighted by Crippen LogP contribution is 2.44. The summed E-state index contributed by atoms with van der Waals surface area (Å²) in [5.74, 6) is -1.88. The zero-order chi connectivity index (χ0) is 24.8. The molecule has 178 valence electrons. The summed E-state index contributed by atoms with van der Waals surface area (Å²) in [5.41, 5.74) is 5.19. The molecular weight excluding hydrogens is 446 g/mol. The van der Waals surface area contributed by atoms with E-state index < -0.39 is 24.1 Å². The number of fused-ring (bicyclic) bond motifs is 3. The minimum absolute atomic E-state index is 0.0257. The number of ether oxygens (including phenoxy) is 2. The van der Waals surface area contributed by atoms with Gasteiger partial charge in [0.1, 0.15) is 19.3 Å². The average Bonchev–Trinajstić information content (AvgIpc) is 3.19. The number of benzene rings is 3. The van der Waals surface area contributed by atoms with Crippen LogP contribution in [0.3, 0.4) is 0 Å². The van der Waals surface area contributed by atoms with E-state index in [1.165, 1.54) is 6.08 Å². The van der Waals surface area contributed by atoms with Gasteiger partial charge in [0, 0.05) is 12.3 Å². The summed E-state index contributed by atoms with van der Waals surface area (Å²) < 4.78 is 10.5. The molecule has 1 aliphatic carbocycles. The highest BCUT2D eigenvalue weighted by Gasteiger charge is 2.29. The highest BCUT2D eigenvalue weighted by molar-refractivity contribution is 5.89. The molecule has 1 amide bonds. The molecule has 0 fully saturated rings. The molecule has 0 unspecified atom stereocenters. The first kappa shape index (κ1) is 23.8. The fourth-order valence-electron chi connectivity index (χ4n) is 4.26. The number of carboxylic acid groups (broad SMARTS) is 1. The SMILES string of the molecule is C=CCOC(=O)c1cccc(C[C@@H](NC(=O)OCC2c3ccccc3-c3ccccc32)C(=O)O)c1. The zero-order valence-corrected chi connectivity index (χ0v) is 19.0. The van der Waals surface area contributed by atoms with Crippen LogP contribution < -0.4 is 5.32 Å². The van der Waals surface area contributed by atoms with Crippen molar-refractivity contribution >= 4 is 18.0 Å². The molecule has 0 heterocycles. The summed E-state index contributed by atoms with van der Waals surface area (Å²) in [6.45, 7) is 3.65. The lowest BCUT2D eigenvalue weighted by molar-refractivity contribution is -0.139. The largest absolute Gasteiger partial charge is 0.480 e. The number of hydrogen-bond acceptors (Lipinski definition) is 5. The van der Waals surface area contributed by atoms with Crippen molar-refractivity contribution in [2.75, 3.05) is 13.2 Å². The third-order valence-corrected chi connectivity index (χ3v) is 5.87. The standard InChI is InChI=1S/C28H25NO6/c1-2-14-34-27(32)19-9-7-8-18(15-19)16-25(26(30)31)29-28(33)35-17-24-22-12-5-3-10-20(22)21-11-4-6-13-23(21)24/h2-13,15,24-25H,1,14,16-17H2,(H,29,33)(H,30,31)/t25-/m1/s1. The number of amides is 1. The summed E-state index contributed by atoms with van der Waals surface area (Å²) in [4.78, 5) is 36.4. The quantitative estimate of drug-likeness (QED) is 0.350. The lowest BCUT2D eigenvalue weighted by atomic mass is 9.98. The van der Waals surface area contributed by atoms with Crippen molar-refractivity contribution in [3.63, 3.8) is 0 Å². The fraction of sp³-hybridized carbons (Fsp3) is 0.179. The second-order valence-electron chi connectivity index (χ2n) is 8.15. The molecule has 0 saturated heterocycles. The van der Waals surface area contributed by atoms with Crippen molar-refractivity contribution < 1.29 is 29.0 Å². The number of carbonyl (C=O) groups excluding carboxylic acids is 2. The molecule has 7 nitrogen and oxygen atoms in total. The summed E-state index contributed by atoms with van der Waals surface area (Å²) in [6, 6.07) is 21.1. The molecule has 0 saturated carbocycles. The van der Waals surface area contributed by atoms with Crippen molar-refractivity contribution in [2.45, 2.75) is 18.4 Å². The van der Waals surface area contributed by atoms with E-state index in [1.54, 1.807) is 24.3 Å². The predicted octanol–water partition coefficient (Wildman–Crippen LogP) is 4.56. The molecule has 7 heteroatoms. The number of aliphatic carboxylic acids is 1. The Balaban J connectivity index is 1.40. The maximum absolute atomic E-state index is 12.5. The third kappa shape index (κ3) is 5.41. The summed E-state index contributed by atoms with van der Waals surface area (Å²) >= 11 is 0. The first-order valence-corrected chi connectivity index (χ1v) is 11.2. The first-order valence-electron chi connectivity index (χ1n) is 11.2.